The largest absolute Gasteiger partial charge is 0.487 e. The van der Waals surface area contributed by atoms with Crippen molar-refractivity contribution in [3.05, 3.63) is 62.3 Å². The van der Waals surface area contributed by atoms with Crippen LogP contribution in [0.1, 0.15) is 15.9 Å². The van der Waals surface area contributed by atoms with Crippen LogP contribution in [0.3, 0.4) is 0 Å². The van der Waals surface area contributed by atoms with Gasteiger partial charge in [0.15, 0.2) is 6.29 Å². The summed E-state index contributed by atoms with van der Waals surface area (Å²) >= 11 is 6.61. The van der Waals surface area contributed by atoms with Crippen LogP contribution in [0, 0.1) is 5.82 Å². The van der Waals surface area contributed by atoms with Gasteiger partial charge in [-0.25, -0.2) is 4.39 Å². The fraction of sp³-hybridized carbons (Fsp3) is 0.0714. The van der Waals surface area contributed by atoms with Gasteiger partial charge < -0.3 is 4.74 Å². The van der Waals surface area contributed by atoms with Crippen LogP contribution in [0.25, 0.3) is 0 Å². The average Bonchev–Trinajstić information content (AvgIpc) is 2.38. The third-order valence-electron chi connectivity index (χ3n) is 2.49. The third-order valence-corrected chi connectivity index (χ3v) is 3.54. The molecule has 0 aromatic heterocycles. The molecule has 0 aliphatic carbocycles. The predicted octanol–water partition coefficient (Wildman–Crippen LogP) is 4.74. The number of carbonyl (C=O) groups is 1. The number of halogens is 3. The van der Waals surface area contributed by atoms with E-state index in [-0.39, 0.29) is 12.4 Å². The molecule has 0 spiro atoms. The van der Waals surface area contributed by atoms with Gasteiger partial charge in [0, 0.05) is 10.0 Å². The molecule has 0 amide bonds. The molecule has 0 saturated carbocycles. The number of hydrogen-bond acceptors (Lipinski definition) is 2. The Morgan fingerprint density at radius 1 is 1.21 bits per heavy atom. The average molecular weight is 388 g/mol. The molecule has 2 aromatic carbocycles. The summed E-state index contributed by atoms with van der Waals surface area (Å²) in [4.78, 5) is 11.0. The highest BCUT2D eigenvalue weighted by atomic mass is 79.9. The first-order chi connectivity index (χ1) is 9.11. The van der Waals surface area contributed by atoms with E-state index in [0.717, 1.165) is 4.47 Å². The van der Waals surface area contributed by atoms with Gasteiger partial charge in [0.2, 0.25) is 0 Å². The SMILES string of the molecule is O=Cc1cc(Br)cc(Br)c1OCc1ccccc1F. The number of carbonyl (C=O) groups excluding carboxylic acids is 1. The molecule has 0 aliphatic rings. The molecule has 19 heavy (non-hydrogen) atoms. The zero-order valence-electron chi connectivity index (χ0n) is 9.70. The molecule has 0 saturated heterocycles. The van der Waals surface area contributed by atoms with Crippen LogP contribution < -0.4 is 4.74 Å². The lowest BCUT2D eigenvalue weighted by molar-refractivity contribution is 0.111. The van der Waals surface area contributed by atoms with Gasteiger partial charge in [0.1, 0.15) is 18.2 Å². The van der Waals surface area contributed by atoms with Crippen LogP contribution in [0.15, 0.2) is 45.3 Å². The van der Waals surface area contributed by atoms with E-state index in [9.17, 15) is 9.18 Å². The lowest BCUT2D eigenvalue weighted by Crippen LogP contribution is -2.01. The highest BCUT2D eigenvalue weighted by Crippen LogP contribution is 2.32. The molecule has 0 radical (unpaired) electrons. The zero-order valence-corrected chi connectivity index (χ0v) is 12.9. The maximum atomic E-state index is 13.5. The predicted molar refractivity (Wildman–Crippen MR) is 78.0 cm³/mol. The van der Waals surface area contributed by atoms with Crippen LogP contribution >= 0.6 is 31.9 Å². The molecule has 2 aromatic rings. The quantitative estimate of drug-likeness (QED) is 0.708. The second-order valence-electron chi connectivity index (χ2n) is 3.80. The van der Waals surface area contributed by atoms with Gasteiger partial charge >= 0.3 is 0 Å². The molecule has 98 valence electrons. The summed E-state index contributed by atoms with van der Waals surface area (Å²) in [5.74, 6) is 0.0739. The van der Waals surface area contributed by atoms with Crippen molar-refractivity contribution < 1.29 is 13.9 Å². The van der Waals surface area contributed by atoms with Gasteiger partial charge in [0.25, 0.3) is 0 Å². The van der Waals surface area contributed by atoms with E-state index in [1.165, 1.54) is 6.07 Å². The van der Waals surface area contributed by atoms with Crippen molar-refractivity contribution in [1.29, 1.82) is 0 Å². The standard InChI is InChI=1S/C14H9Br2FO2/c15-11-5-10(7-18)14(12(16)6-11)19-8-9-3-1-2-4-13(9)17/h1-7H,8H2. The first-order valence-electron chi connectivity index (χ1n) is 5.42. The van der Waals surface area contributed by atoms with Gasteiger partial charge in [-0.05, 0) is 34.1 Å². The molecule has 0 fully saturated rings. The Balaban J connectivity index is 2.25. The van der Waals surface area contributed by atoms with Crippen molar-refractivity contribution in [1.82, 2.24) is 0 Å². The van der Waals surface area contributed by atoms with Gasteiger partial charge in [-0.15, -0.1) is 0 Å². The van der Waals surface area contributed by atoms with Crippen LogP contribution in [0.2, 0.25) is 0 Å². The molecule has 0 heterocycles. The summed E-state index contributed by atoms with van der Waals surface area (Å²) in [5, 5.41) is 0. The van der Waals surface area contributed by atoms with Gasteiger partial charge in [-0.2, -0.15) is 0 Å². The van der Waals surface area contributed by atoms with Crippen molar-refractivity contribution >= 4 is 38.1 Å². The third kappa shape index (κ3) is 3.42. The second kappa shape index (κ2) is 6.30. The normalized spacial score (nSPS) is 10.3. The molecule has 2 nitrogen and oxygen atoms in total. The summed E-state index contributed by atoms with van der Waals surface area (Å²) in [6.07, 6.45) is 0.701. The number of aldehydes is 1. The summed E-state index contributed by atoms with van der Waals surface area (Å²) in [5.41, 5.74) is 0.840. The van der Waals surface area contributed by atoms with Crippen molar-refractivity contribution in [2.45, 2.75) is 6.61 Å². The first-order valence-corrected chi connectivity index (χ1v) is 7.01. The fourth-order valence-electron chi connectivity index (χ4n) is 1.59. The van der Waals surface area contributed by atoms with E-state index in [4.69, 9.17) is 4.74 Å². The van der Waals surface area contributed by atoms with E-state index in [2.05, 4.69) is 31.9 Å². The summed E-state index contributed by atoms with van der Waals surface area (Å²) in [7, 11) is 0. The second-order valence-corrected chi connectivity index (χ2v) is 5.57. The van der Waals surface area contributed by atoms with Crippen molar-refractivity contribution in [3.63, 3.8) is 0 Å². The Hall–Kier alpha value is -1.20. The number of rotatable bonds is 4. The molecule has 0 unspecified atom stereocenters. The maximum absolute atomic E-state index is 13.5. The van der Waals surface area contributed by atoms with Gasteiger partial charge in [0.05, 0.1) is 10.0 Å². The summed E-state index contributed by atoms with van der Waals surface area (Å²) in [6, 6.07) is 9.78. The van der Waals surface area contributed by atoms with Crippen LogP contribution in [-0.2, 0) is 6.61 Å². The van der Waals surface area contributed by atoms with E-state index in [1.54, 1.807) is 30.3 Å². The van der Waals surface area contributed by atoms with Gasteiger partial charge in [-0.1, -0.05) is 34.1 Å². The summed E-state index contributed by atoms with van der Waals surface area (Å²) < 4.78 is 20.4. The molecule has 0 aliphatic heterocycles. The highest BCUT2D eigenvalue weighted by molar-refractivity contribution is 9.11. The molecule has 2 rings (SSSR count). The number of hydrogen-bond donors (Lipinski definition) is 0. The molecule has 5 heteroatoms. The topological polar surface area (TPSA) is 26.3 Å². The molecule has 0 atom stereocenters. The lowest BCUT2D eigenvalue weighted by Gasteiger charge is -2.11. The minimum atomic E-state index is -0.330. The van der Waals surface area contributed by atoms with Crippen LogP contribution in [-0.4, -0.2) is 6.29 Å². The lowest BCUT2D eigenvalue weighted by atomic mass is 10.2. The van der Waals surface area contributed by atoms with E-state index in [0.29, 0.717) is 27.6 Å². The minimum Gasteiger partial charge on any atom is -0.487 e. The van der Waals surface area contributed by atoms with Crippen molar-refractivity contribution in [3.8, 4) is 5.75 Å². The van der Waals surface area contributed by atoms with Crippen molar-refractivity contribution in [2.75, 3.05) is 0 Å². The maximum Gasteiger partial charge on any atom is 0.153 e. The van der Waals surface area contributed by atoms with Crippen LogP contribution in [0.5, 0.6) is 5.75 Å². The minimum absolute atomic E-state index is 0.0632. The molecule has 0 bridgehead atoms. The molecular weight excluding hydrogens is 379 g/mol. The monoisotopic (exact) mass is 386 g/mol. The van der Waals surface area contributed by atoms with Crippen molar-refractivity contribution in [2.24, 2.45) is 0 Å². The fourth-order valence-corrected chi connectivity index (χ4v) is 2.96. The number of ether oxygens (including phenoxy) is 1. The smallest absolute Gasteiger partial charge is 0.153 e. The zero-order chi connectivity index (χ0) is 13.8. The number of benzene rings is 2. The van der Waals surface area contributed by atoms with Gasteiger partial charge in [-0.3, -0.25) is 4.79 Å². The Kier molecular flexibility index (Phi) is 4.71. The van der Waals surface area contributed by atoms with E-state index >= 15 is 0 Å². The Labute approximate surface area is 126 Å². The Morgan fingerprint density at radius 3 is 2.63 bits per heavy atom. The Morgan fingerprint density at radius 2 is 1.95 bits per heavy atom. The Bertz CT molecular complexity index is 614. The van der Waals surface area contributed by atoms with E-state index < -0.39 is 0 Å². The highest BCUT2D eigenvalue weighted by Gasteiger charge is 2.11. The van der Waals surface area contributed by atoms with E-state index in [1.807, 2.05) is 0 Å². The molecule has 0 N–H and O–H groups in total. The van der Waals surface area contributed by atoms with Crippen LogP contribution in [0.4, 0.5) is 4.39 Å². The molecular formula is C14H9Br2FO2. The summed E-state index contributed by atoms with van der Waals surface area (Å²) in [6.45, 7) is 0.0632. The first kappa shape index (κ1) is 14.2.